The lowest BCUT2D eigenvalue weighted by molar-refractivity contribution is -0.144. The summed E-state index contributed by atoms with van der Waals surface area (Å²) in [5, 5.41) is 12.9. The second kappa shape index (κ2) is 9.69. The van der Waals surface area contributed by atoms with Crippen LogP contribution in [0.5, 0.6) is 5.75 Å². The Hall–Kier alpha value is -2.64. The monoisotopic (exact) mass is 491 g/mol. The molecule has 0 bridgehead atoms. The number of ether oxygens (including phenoxy) is 2. The van der Waals surface area contributed by atoms with E-state index in [4.69, 9.17) is 14.7 Å². The van der Waals surface area contributed by atoms with Gasteiger partial charge in [0, 0.05) is 26.2 Å². The maximum absolute atomic E-state index is 13.2. The summed E-state index contributed by atoms with van der Waals surface area (Å²) < 4.78 is 75.1. The number of aromatic nitrogens is 2. The Bertz CT molecular complexity index is 1080. The summed E-state index contributed by atoms with van der Waals surface area (Å²) in [5.41, 5.74) is 0.881. The van der Waals surface area contributed by atoms with Gasteiger partial charge in [-0.25, -0.2) is 13.9 Å². The van der Waals surface area contributed by atoms with E-state index >= 15 is 0 Å². The zero-order chi connectivity index (χ0) is 24.3. The van der Waals surface area contributed by atoms with Gasteiger partial charge in [-0.15, -0.1) is 0 Å². The number of carbonyl (C=O) groups is 1. The SMILES string of the molecule is Cc1cc(C(F)(F)F)n(CCCOc2ccc(S(=O)(=O)C3(C(=O)NO)CCOCC3)cc2)n1. The van der Waals surface area contributed by atoms with Gasteiger partial charge in [-0.3, -0.25) is 14.7 Å². The van der Waals surface area contributed by atoms with Gasteiger partial charge in [0.1, 0.15) is 11.4 Å². The van der Waals surface area contributed by atoms with E-state index in [0.29, 0.717) is 5.75 Å². The predicted molar refractivity (Wildman–Crippen MR) is 108 cm³/mol. The summed E-state index contributed by atoms with van der Waals surface area (Å²) in [7, 11) is -4.16. The fourth-order valence-corrected chi connectivity index (χ4v) is 5.65. The fraction of sp³-hybridized carbons (Fsp3) is 0.500. The second-order valence-corrected chi connectivity index (χ2v) is 9.88. The molecule has 1 aliphatic heterocycles. The average molecular weight is 491 g/mol. The standard InChI is InChI=1S/C20H24F3N3O6S/c1-14-13-17(20(21,22)23)26(24-14)9-2-10-32-15-3-5-16(6-4-15)33(29,30)19(18(27)25-28)7-11-31-12-8-19/h3-6,13,28H,2,7-12H2,1H3,(H,25,27). The Balaban J connectivity index is 1.64. The molecule has 1 aromatic carbocycles. The first kappa shape index (κ1) is 25.0. The van der Waals surface area contributed by atoms with Crippen LogP contribution in [0.2, 0.25) is 0 Å². The van der Waals surface area contributed by atoms with Gasteiger partial charge >= 0.3 is 6.18 Å². The van der Waals surface area contributed by atoms with Crippen molar-refractivity contribution >= 4 is 15.7 Å². The van der Waals surface area contributed by atoms with Crippen LogP contribution in [0.1, 0.15) is 30.7 Å². The van der Waals surface area contributed by atoms with E-state index in [1.807, 2.05) is 0 Å². The van der Waals surface area contributed by atoms with Crippen molar-refractivity contribution in [1.29, 1.82) is 0 Å². The number of benzene rings is 1. The number of hydrogen-bond acceptors (Lipinski definition) is 7. The Morgan fingerprint density at radius 2 is 1.91 bits per heavy atom. The minimum atomic E-state index is -4.50. The first-order valence-electron chi connectivity index (χ1n) is 10.1. The molecular formula is C20H24F3N3O6S. The van der Waals surface area contributed by atoms with Gasteiger partial charge in [-0.2, -0.15) is 18.3 Å². The van der Waals surface area contributed by atoms with Crippen LogP contribution in [-0.2, 0) is 32.1 Å². The Labute approximate surface area is 188 Å². The minimum Gasteiger partial charge on any atom is -0.494 e. The molecule has 182 valence electrons. The Morgan fingerprint density at radius 3 is 2.48 bits per heavy atom. The van der Waals surface area contributed by atoms with Crippen molar-refractivity contribution in [3.63, 3.8) is 0 Å². The molecule has 3 rings (SSSR count). The number of carbonyl (C=O) groups excluding carboxylic acids is 1. The Morgan fingerprint density at radius 1 is 1.27 bits per heavy atom. The molecule has 0 saturated carbocycles. The molecule has 0 spiro atoms. The maximum atomic E-state index is 13.2. The summed E-state index contributed by atoms with van der Waals surface area (Å²) in [6.45, 7) is 1.67. The summed E-state index contributed by atoms with van der Waals surface area (Å²) in [6, 6.07) is 6.34. The number of rotatable bonds is 8. The van der Waals surface area contributed by atoms with Crippen molar-refractivity contribution in [2.75, 3.05) is 19.8 Å². The number of sulfone groups is 1. The molecule has 2 aromatic rings. The van der Waals surface area contributed by atoms with Gasteiger partial charge in [0.05, 0.1) is 17.2 Å². The highest BCUT2D eigenvalue weighted by molar-refractivity contribution is 7.93. The van der Waals surface area contributed by atoms with Crippen LogP contribution in [0.4, 0.5) is 13.2 Å². The van der Waals surface area contributed by atoms with E-state index in [1.54, 1.807) is 0 Å². The normalized spacial score (nSPS) is 16.4. The highest BCUT2D eigenvalue weighted by Gasteiger charge is 2.52. The summed E-state index contributed by atoms with van der Waals surface area (Å²) in [6.07, 6.45) is -4.47. The zero-order valence-corrected chi connectivity index (χ0v) is 18.6. The third-order valence-corrected chi connectivity index (χ3v) is 7.96. The lowest BCUT2D eigenvalue weighted by Crippen LogP contribution is -2.54. The van der Waals surface area contributed by atoms with Crippen molar-refractivity contribution in [2.24, 2.45) is 0 Å². The van der Waals surface area contributed by atoms with E-state index < -0.39 is 32.4 Å². The topological polar surface area (TPSA) is 120 Å². The maximum Gasteiger partial charge on any atom is 0.433 e. The van der Waals surface area contributed by atoms with Crippen molar-refractivity contribution in [1.82, 2.24) is 15.3 Å². The number of aryl methyl sites for hydroxylation is 2. The number of nitrogens with zero attached hydrogens (tertiary/aromatic N) is 2. The molecule has 1 aromatic heterocycles. The van der Waals surface area contributed by atoms with Crippen LogP contribution >= 0.6 is 0 Å². The van der Waals surface area contributed by atoms with Gasteiger partial charge in [0.2, 0.25) is 0 Å². The molecule has 0 atom stereocenters. The molecule has 1 amide bonds. The van der Waals surface area contributed by atoms with Crippen LogP contribution in [0, 0.1) is 6.92 Å². The molecular weight excluding hydrogens is 467 g/mol. The third-order valence-electron chi connectivity index (χ3n) is 5.44. The van der Waals surface area contributed by atoms with Gasteiger partial charge < -0.3 is 9.47 Å². The molecule has 1 aliphatic rings. The molecule has 2 heterocycles. The van der Waals surface area contributed by atoms with Gasteiger partial charge in [-0.1, -0.05) is 0 Å². The first-order valence-corrected chi connectivity index (χ1v) is 11.6. The van der Waals surface area contributed by atoms with Crippen LogP contribution < -0.4 is 10.2 Å². The number of hydroxylamine groups is 1. The highest BCUT2D eigenvalue weighted by atomic mass is 32.2. The lowest BCUT2D eigenvalue weighted by atomic mass is 9.98. The van der Waals surface area contributed by atoms with E-state index in [0.717, 1.165) is 10.7 Å². The van der Waals surface area contributed by atoms with E-state index in [9.17, 15) is 26.4 Å². The first-order chi connectivity index (χ1) is 15.5. The van der Waals surface area contributed by atoms with Crippen molar-refractivity contribution in [3.05, 3.63) is 41.7 Å². The van der Waals surface area contributed by atoms with Crippen LogP contribution in [-0.4, -0.2) is 53.9 Å². The average Bonchev–Trinajstić information content (AvgIpc) is 3.18. The summed E-state index contributed by atoms with van der Waals surface area (Å²) in [4.78, 5) is 12.1. The van der Waals surface area contributed by atoms with Crippen molar-refractivity contribution in [2.45, 2.75) is 48.5 Å². The number of alkyl halides is 3. The number of hydrogen-bond donors (Lipinski definition) is 2. The van der Waals surface area contributed by atoms with Gasteiger partial charge in [0.15, 0.2) is 14.6 Å². The number of halogens is 3. The van der Waals surface area contributed by atoms with Gasteiger partial charge in [-0.05, 0) is 50.1 Å². The predicted octanol–water partition coefficient (Wildman–Crippen LogP) is 2.51. The molecule has 0 aliphatic carbocycles. The molecule has 2 N–H and O–H groups in total. The smallest absolute Gasteiger partial charge is 0.433 e. The van der Waals surface area contributed by atoms with Crippen molar-refractivity contribution < 1.29 is 41.1 Å². The third kappa shape index (κ3) is 5.14. The minimum absolute atomic E-state index is 0.00396. The van der Waals surface area contributed by atoms with Crippen LogP contribution in [0.25, 0.3) is 0 Å². The largest absolute Gasteiger partial charge is 0.494 e. The summed E-state index contributed by atoms with van der Waals surface area (Å²) in [5.74, 6) is -0.701. The zero-order valence-electron chi connectivity index (χ0n) is 17.8. The Kier molecular flexibility index (Phi) is 7.34. The lowest BCUT2D eigenvalue weighted by Gasteiger charge is -2.34. The van der Waals surface area contributed by atoms with Crippen molar-refractivity contribution in [3.8, 4) is 5.75 Å². The highest BCUT2D eigenvalue weighted by Crippen LogP contribution is 2.36. The summed E-state index contributed by atoms with van der Waals surface area (Å²) >= 11 is 0. The fourth-order valence-electron chi connectivity index (χ4n) is 3.71. The second-order valence-electron chi connectivity index (χ2n) is 7.62. The molecule has 1 fully saturated rings. The number of amides is 1. The van der Waals surface area contributed by atoms with Crippen LogP contribution in [0.15, 0.2) is 35.2 Å². The quantitative estimate of drug-likeness (QED) is 0.331. The van der Waals surface area contributed by atoms with E-state index in [2.05, 4.69) is 5.10 Å². The molecule has 9 nitrogen and oxygen atoms in total. The molecule has 13 heteroatoms. The van der Waals surface area contributed by atoms with E-state index in [1.165, 1.54) is 36.7 Å². The van der Waals surface area contributed by atoms with Gasteiger partial charge in [0.25, 0.3) is 5.91 Å². The van der Waals surface area contributed by atoms with E-state index in [-0.39, 0.29) is 56.2 Å². The molecule has 33 heavy (non-hydrogen) atoms. The molecule has 0 unspecified atom stereocenters. The molecule has 0 radical (unpaired) electrons. The molecule has 1 saturated heterocycles. The number of nitrogens with one attached hydrogen (secondary N) is 1. The van der Waals surface area contributed by atoms with Crippen LogP contribution in [0.3, 0.4) is 0 Å².